The molecule has 2 rings (SSSR count). The maximum absolute atomic E-state index is 12.4. The van der Waals surface area contributed by atoms with E-state index in [1.807, 2.05) is 13.8 Å². The summed E-state index contributed by atoms with van der Waals surface area (Å²) in [5.74, 6) is -0.483. The summed E-state index contributed by atoms with van der Waals surface area (Å²) in [6.45, 7) is 3.74. The Balaban J connectivity index is 2.38. The summed E-state index contributed by atoms with van der Waals surface area (Å²) in [5, 5.41) is 4.04. The van der Waals surface area contributed by atoms with E-state index in [0.717, 1.165) is 11.3 Å². The van der Waals surface area contributed by atoms with Gasteiger partial charge in [-0.25, -0.2) is 22.9 Å². The number of carbonyl (C=O) groups is 1. The van der Waals surface area contributed by atoms with E-state index in [9.17, 15) is 13.2 Å². The van der Waals surface area contributed by atoms with Crippen LogP contribution in [0.15, 0.2) is 22.0 Å². The number of hydrogen-bond donors (Lipinski definition) is 1. The molecule has 0 atom stereocenters. The van der Waals surface area contributed by atoms with Gasteiger partial charge in [-0.05, 0) is 13.8 Å². The molecule has 0 fully saturated rings. The van der Waals surface area contributed by atoms with Crippen LogP contribution >= 0.6 is 11.3 Å². The second-order valence-corrected chi connectivity index (χ2v) is 7.07. The highest BCUT2D eigenvalue weighted by Gasteiger charge is 2.27. The zero-order valence-electron chi connectivity index (χ0n) is 11.6. The van der Waals surface area contributed by atoms with Crippen molar-refractivity contribution in [3.8, 4) is 0 Å². The van der Waals surface area contributed by atoms with Crippen LogP contribution in [0.5, 0.6) is 0 Å². The van der Waals surface area contributed by atoms with Crippen LogP contribution in [-0.2, 0) is 14.8 Å². The molecule has 21 heavy (non-hydrogen) atoms. The van der Waals surface area contributed by atoms with Gasteiger partial charge in [0, 0.05) is 12.1 Å². The Bertz CT molecular complexity index is 748. The van der Waals surface area contributed by atoms with Crippen LogP contribution in [0, 0.1) is 0 Å². The number of esters is 1. The Labute approximate surface area is 125 Å². The van der Waals surface area contributed by atoms with Gasteiger partial charge in [0.1, 0.15) is 5.82 Å². The average Bonchev–Trinajstić information content (AvgIpc) is 3.05. The molecule has 0 amide bonds. The number of anilines is 1. The summed E-state index contributed by atoms with van der Waals surface area (Å²) >= 11 is 0.844. The zero-order valence-corrected chi connectivity index (χ0v) is 13.2. The highest BCUT2D eigenvalue weighted by molar-refractivity contribution is 7.94. The van der Waals surface area contributed by atoms with Gasteiger partial charge in [-0.15, -0.1) is 11.3 Å². The first-order chi connectivity index (χ1) is 9.86. The molecule has 0 aliphatic heterocycles. The molecule has 0 saturated heterocycles. The number of aromatic nitrogens is 3. The van der Waals surface area contributed by atoms with Crippen molar-refractivity contribution >= 4 is 33.1 Å². The van der Waals surface area contributed by atoms with E-state index in [-0.39, 0.29) is 15.9 Å². The fourth-order valence-electron chi connectivity index (χ4n) is 1.65. The number of nitrogens with zero attached hydrogens (tertiary/aromatic N) is 3. The molecule has 2 aromatic heterocycles. The molecule has 8 nitrogen and oxygen atoms in total. The molecular formula is C11H14N4O4S2. The molecular weight excluding hydrogens is 316 g/mol. The van der Waals surface area contributed by atoms with Crippen LogP contribution in [0.2, 0.25) is 0 Å². The predicted molar refractivity (Wildman–Crippen MR) is 76.9 cm³/mol. The summed E-state index contributed by atoms with van der Waals surface area (Å²) < 4.78 is 33.0. The number of ether oxygens (including phenoxy) is 1. The zero-order chi connectivity index (χ0) is 15.6. The third kappa shape index (κ3) is 3.05. The Kier molecular flexibility index (Phi) is 4.28. The molecule has 2 aromatic rings. The number of nitrogens with one attached hydrogen (secondary N) is 1. The van der Waals surface area contributed by atoms with Crippen molar-refractivity contribution in [2.75, 3.05) is 11.8 Å². The molecule has 0 bridgehead atoms. The van der Waals surface area contributed by atoms with Crippen LogP contribution in [0.1, 0.15) is 30.4 Å². The maximum atomic E-state index is 12.4. The summed E-state index contributed by atoms with van der Waals surface area (Å²) in [6.07, 6.45) is 1.49. The molecule has 10 heteroatoms. The lowest BCUT2D eigenvalue weighted by molar-refractivity contribution is 0.0590. The van der Waals surface area contributed by atoms with Crippen molar-refractivity contribution in [1.29, 1.82) is 0 Å². The van der Waals surface area contributed by atoms with Crippen molar-refractivity contribution in [2.45, 2.75) is 24.1 Å². The van der Waals surface area contributed by atoms with Crippen molar-refractivity contribution in [1.82, 2.24) is 14.8 Å². The molecule has 2 heterocycles. The molecule has 0 saturated carbocycles. The Morgan fingerprint density at radius 2 is 2.19 bits per heavy atom. The second kappa shape index (κ2) is 5.82. The molecule has 0 spiro atoms. The molecule has 0 aliphatic rings. The topological polar surface area (TPSA) is 103 Å². The van der Waals surface area contributed by atoms with Gasteiger partial charge in [0.15, 0.2) is 9.90 Å². The third-order valence-corrected chi connectivity index (χ3v) is 5.28. The first kappa shape index (κ1) is 15.4. The van der Waals surface area contributed by atoms with Gasteiger partial charge >= 0.3 is 5.97 Å². The van der Waals surface area contributed by atoms with Gasteiger partial charge in [0.25, 0.3) is 10.0 Å². The number of carbonyl (C=O) groups excluding carboxylic acids is 1. The summed E-state index contributed by atoms with van der Waals surface area (Å²) in [4.78, 5) is 15.3. The smallest absolute Gasteiger partial charge is 0.358 e. The van der Waals surface area contributed by atoms with E-state index in [1.165, 1.54) is 29.6 Å². The number of sulfonamides is 1. The maximum Gasteiger partial charge on any atom is 0.358 e. The van der Waals surface area contributed by atoms with Gasteiger partial charge in [-0.3, -0.25) is 4.72 Å². The Hall–Kier alpha value is -1.94. The summed E-state index contributed by atoms with van der Waals surface area (Å²) in [5.41, 5.74) is 1.05. The largest absolute Gasteiger partial charge is 0.464 e. The first-order valence-corrected chi connectivity index (χ1v) is 8.31. The lowest BCUT2D eigenvalue weighted by Gasteiger charge is -2.12. The second-order valence-electron chi connectivity index (χ2n) is 4.34. The molecule has 0 unspecified atom stereocenters. The van der Waals surface area contributed by atoms with E-state index in [4.69, 9.17) is 0 Å². The monoisotopic (exact) mass is 330 g/mol. The van der Waals surface area contributed by atoms with Crippen LogP contribution in [-0.4, -0.2) is 36.3 Å². The van der Waals surface area contributed by atoms with Crippen LogP contribution in [0.25, 0.3) is 0 Å². The van der Waals surface area contributed by atoms with Crippen molar-refractivity contribution in [3.63, 3.8) is 0 Å². The lowest BCUT2D eigenvalue weighted by atomic mass is 10.4. The Morgan fingerprint density at radius 1 is 1.48 bits per heavy atom. The average molecular weight is 330 g/mol. The van der Waals surface area contributed by atoms with E-state index in [1.54, 1.807) is 0 Å². The van der Waals surface area contributed by atoms with Gasteiger partial charge in [-0.2, -0.15) is 5.10 Å². The van der Waals surface area contributed by atoms with E-state index >= 15 is 0 Å². The quantitative estimate of drug-likeness (QED) is 0.834. The SMILES string of the molecule is COC(=O)c1ncsc1S(=O)(=O)Nc1ccnn1C(C)C. The predicted octanol–water partition coefficient (Wildman–Crippen LogP) is 1.51. The minimum atomic E-state index is -3.94. The van der Waals surface area contributed by atoms with Crippen LogP contribution in [0.3, 0.4) is 0 Å². The van der Waals surface area contributed by atoms with Gasteiger partial charge < -0.3 is 4.74 Å². The molecule has 0 radical (unpaired) electrons. The highest BCUT2D eigenvalue weighted by Crippen LogP contribution is 2.24. The number of thiazole rings is 1. The van der Waals surface area contributed by atoms with Crippen LogP contribution < -0.4 is 4.72 Å². The van der Waals surface area contributed by atoms with Gasteiger partial charge in [0.2, 0.25) is 0 Å². The first-order valence-electron chi connectivity index (χ1n) is 5.95. The number of rotatable bonds is 5. The van der Waals surface area contributed by atoms with E-state index in [2.05, 4.69) is 19.5 Å². The lowest BCUT2D eigenvalue weighted by Crippen LogP contribution is -2.19. The van der Waals surface area contributed by atoms with E-state index in [0.29, 0.717) is 5.82 Å². The fourth-order valence-corrected chi connectivity index (χ4v) is 3.83. The summed E-state index contributed by atoms with van der Waals surface area (Å²) in [6, 6.07) is 1.52. The normalized spacial score (nSPS) is 11.6. The van der Waals surface area contributed by atoms with E-state index < -0.39 is 16.0 Å². The minimum Gasteiger partial charge on any atom is -0.464 e. The molecule has 0 aromatic carbocycles. The van der Waals surface area contributed by atoms with Crippen molar-refractivity contribution in [2.24, 2.45) is 0 Å². The fraction of sp³-hybridized carbons (Fsp3) is 0.364. The minimum absolute atomic E-state index is 0.0146. The third-order valence-electron chi connectivity index (χ3n) is 2.56. The number of hydrogen-bond acceptors (Lipinski definition) is 7. The number of methoxy groups -OCH3 is 1. The molecule has 114 valence electrons. The summed E-state index contributed by atoms with van der Waals surface area (Å²) in [7, 11) is -2.77. The standard InChI is InChI=1S/C11H14N4O4S2/c1-7(2)15-8(4-5-13-15)14-21(17,18)11-9(10(16)19-3)12-6-20-11/h4-7,14H,1-3H3. The molecule has 0 aliphatic carbocycles. The highest BCUT2D eigenvalue weighted by atomic mass is 32.2. The van der Waals surface area contributed by atoms with Crippen LogP contribution in [0.4, 0.5) is 5.82 Å². The Morgan fingerprint density at radius 3 is 2.81 bits per heavy atom. The van der Waals surface area contributed by atoms with Crippen molar-refractivity contribution < 1.29 is 17.9 Å². The van der Waals surface area contributed by atoms with Gasteiger partial charge in [-0.1, -0.05) is 0 Å². The van der Waals surface area contributed by atoms with Crippen molar-refractivity contribution in [3.05, 3.63) is 23.5 Å². The van der Waals surface area contributed by atoms with Gasteiger partial charge in [0.05, 0.1) is 18.8 Å². The molecule has 1 N–H and O–H groups in total.